The molecule has 2 aromatic rings. The quantitative estimate of drug-likeness (QED) is 0.827. The Labute approximate surface area is 123 Å². The van der Waals surface area contributed by atoms with Gasteiger partial charge in [0.25, 0.3) is 0 Å². The summed E-state index contributed by atoms with van der Waals surface area (Å²) in [6.07, 6.45) is 0.370. The topological polar surface area (TPSA) is 20.2 Å². The molecule has 2 aromatic carbocycles. The van der Waals surface area contributed by atoms with Crippen LogP contribution in [0, 0.1) is 6.92 Å². The first kappa shape index (κ1) is 14.4. The molecule has 0 saturated heterocycles. The van der Waals surface area contributed by atoms with Crippen molar-refractivity contribution < 1.29 is 5.11 Å². The van der Waals surface area contributed by atoms with Crippen molar-refractivity contribution in [2.45, 2.75) is 24.3 Å². The second kappa shape index (κ2) is 6.99. The van der Waals surface area contributed by atoms with Crippen molar-refractivity contribution in [1.29, 1.82) is 0 Å². The Morgan fingerprint density at radius 2 is 1.79 bits per heavy atom. The average molecular weight is 293 g/mol. The maximum absolute atomic E-state index is 10.1. The Kier molecular flexibility index (Phi) is 5.32. The molecule has 0 aliphatic heterocycles. The van der Waals surface area contributed by atoms with Gasteiger partial charge in [-0.25, -0.2) is 0 Å². The molecule has 0 spiro atoms. The predicted molar refractivity (Wildman–Crippen MR) is 83.1 cm³/mol. The van der Waals surface area contributed by atoms with Crippen LogP contribution in [0.5, 0.6) is 0 Å². The van der Waals surface area contributed by atoms with Gasteiger partial charge in [-0.15, -0.1) is 11.8 Å². The van der Waals surface area contributed by atoms with E-state index in [0.29, 0.717) is 12.2 Å². The smallest absolute Gasteiger partial charge is 0.0674 e. The van der Waals surface area contributed by atoms with Crippen LogP contribution in [0.25, 0.3) is 0 Å². The van der Waals surface area contributed by atoms with E-state index in [0.717, 1.165) is 9.92 Å². The van der Waals surface area contributed by atoms with E-state index in [1.165, 1.54) is 11.1 Å². The van der Waals surface area contributed by atoms with E-state index in [4.69, 9.17) is 11.6 Å². The lowest BCUT2D eigenvalue weighted by atomic mass is 10.0. The summed E-state index contributed by atoms with van der Waals surface area (Å²) in [6, 6.07) is 15.9. The summed E-state index contributed by atoms with van der Waals surface area (Å²) in [5.74, 6) is 0.690. The van der Waals surface area contributed by atoms with Gasteiger partial charge in [0.1, 0.15) is 0 Å². The van der Waals surface area contributed by atoms with Gasteiger partial charge >= 0.3 is 0 Å². The molecule has 0 aromatic heterocycles. The first-order chi connectivity index (χ1) is 9.15. The van der Waals surface area contributed by atoms with Gasteiger partial charge in [0, 0.05) is 15.7 Å². The number of hydrogen-bond donors (Lipinski definition) is 1. The number of aliphatic hydroxyl groups is 1. The van der Waals surface area contributed by atoms with Gasteiger partial charge in [0.05, 0.1) is 6.10 Å². The zero-order chi connectivity index (χ0) is 13.7. The number of thioether (sulfide) groups is 1. The average Bonchev–Trinajstić information content (AvgIpc) is 2.41. The standard InChI is InChI=1S/C16H17ClOS/c1-12-4-2-3-5-13(12)10-15(18)11-19-16-8-6-14(17)7-9-16/h2-9,15,18H,10-11H2,1H3. The van der Waals surface area contributed by atoms with Gasteiger partial charge in [-0.2, -0.15) is 0 Å². The van der Waals surface area contributed by atoms with Crippen LogP contribution in [0.15, 0.2) is 53.4 Å². The van der Waals surface area contributed by atoms with Crippen LogP contribution < -0.4 is 0 Å². The highest BCUT2D eigenvalue weighted by molar-refractivity contribution is 7.99. The van der Waals surface area contributed by atoms with Crippen LogP contribution in [-0.2, 0) is 6.42 Å². The van der Waals surface area contributed by atoms with Crippen LogP contribution in [0.1, 0.15) is 11.1 Å². The van der Waals surface area contributed by atoms with Gasteiger partial charge in [-0.3, -0.25) is 0 Å². The molecular formula is C16H17ClOS. The Morgan fingerprint density at radius 3 is 2.47 bits per heavy atom. The normalized spacial score (nSPS) is 12.4. The maximum Gasteiger partial charge on any atom is 0.0674 e. The monoisotopic (exact) mass is 292 g/mol. The van der Waals surface area contributed by atoms with Crippen molar-refractivity contribution >= 4 is 23.4 Å². The molecule has 0 aliphatic rings. The molecule has 2 rings (SSSR count). The van der Waals surface area contributed by atoms with Gasteiger partial charge in [-0.05, 0) is 48.7 Å². The fourth-order valence-corrected chi connectivity index (χ4v) is 2.83. The molecule has 19 heavy (non-hydrogen) atoms. The molecule has 3 heteroatoms. The SMILES string of the molecule is Cc1ccccc1CC(O)CSc1ccc(Cl)cc1. The molecule has 0 bridgehead atoms. The lowest BCUT2D eigenvalue weighted by molar-refractivity contribution is 0.200. The highest BCUT2D eigenvalue weighted by atomic mass is 35.5. The van der Waals surface area contributed by atoms with E-state index in [1.807, 2.05) is 36.4 Å². The van der Waals surface area contributed by atoms with Gasteiger partial charge in [0.2, 0.25) is 0 Å². The Bertz CT molecular complexity index is 525. The minimum atomic E-state index is -0.332. The Balaban J connectivity index is 1.86. The summed E-state index contributed by atoms with van der Waals surface area (Å²) < 4.78 is 0. The van der Waals surface area contributed by atoms with Crippen molar-refractivity contribution in [3.63, 3.8) is 0 Å². The summed E-state index contributed by atoms with van der Waals surface area (Å²) >= 11 is 7.49. The summed E-state index contributed by atoms with van der Waals surface area (Å²) in [7, 11) is 0. The third kappa shape index (κ3) is 4.57. The number of hydrogen-bond acceptors (Lipinski definition) is 2. The minimum Gasteiger partial charge on any atom is -0.392 e. The van der Waals surface area contributed by atoms with E-state index in [9.17, 15) is 5.11 Å². The highest BCUT2D eigenvalue weighted by Gasteiger charge is 2.08. The summed E-state index contributed by atoms with van der Waals surface area (Å²) in [5.41, 5.74) is 2.45. The lowest BCUT2D eigenvalue weighted by Crippen LogP contribution is -2.14. The van der Waals surface area contributed by atoms with Gasteiger partial charge in [-0.1, -0.05) is 35.9 Å². The number of benzene rings is 2. The molecule has 0 aliphatic carbocycles. The molecule has 1 atom stereocenters. The molecular weight excluding hydrogens is 276 g/mol. The second-order valence-electron chi connectivity index (χ2n) is 4.55. The van der Waals surface area contributed by atoms with E-state index in [-0.39, 0.29) is 6.10 Å². The molecule has 0 amide bonds. The zero-order valence-corrected chi connectivity index (χ0v) is 12.4. The second-order valence-corrected chi connectivity index (χ2v) is 6.08. The van der Waals surface area contributed by atoms with Crippen LogP contribution in [-0.4, -0.2) is 17.0 Å². The van der Waals surface area contributed by atoms with Gasteiger partial charge < -0.3 is 5.11 Å². The summed E-state index contributed by atoms with van der Waals surface area (Å²) in [6.45, 7) is 2.08. The zero-order valence-electron chi connectivity index (χ0n) is 10.8. The van der Waals surface area contributed by atoms with E-state index < -0.39 is 0 Å². The van der Waals surface area contributed by atoms with E-state index in [2.05, 4.69) is 19.1 Å². The molecule has 1 unspecified atom stereocenters. The fraction of sp³-hybridized carbons (Fsp3) is 0.250. The first-order valence-electron chi connectivity index (χ1n) is 6.26. The molecule has 0 heterocycles. The van der Waals surface area contributed by atoms with E-state index in [1.54, 1.807) is 11.8 Å². The van der Waals surface area contributed by atoms with Crippen molar-refractivity contribution in [2.24, 2.45) is 0 Å². The van der Waals surface area contributed by atoms with E-state index >= 15 is 0 Å². The highest BCUT2D eigenvalue weighted by Crippen LogP contribution is 2.22. The van der Waals surface area contributed by atoms with Crippen LogP contribution in [0.2, 0.25) is 5.02 Å². The lowest BCUT2D eigenvalue weighted by Gasteiger charge is -2.12. The number of aryl methyl sites for hydroxylation is 1. The van der Waals surface area contributed by atoms with Crippen molar-refractivity contribution in [3.8, 4) is 0 Å². The minimum absolute atomic E-state index is 0.332. The Hall–Kier alpha value is -0.960. The van der Waals surface area contributed by atoms with Crippen LogP contribution in [0.3, 0.4) is 0 Å². The molecule has 0 saturated carbocycles. The third-order valence-corrected chi connectivity index (χ3v) is 4.38. The van der Waals surface area contributed by atoms with Crippen molar-refractivity contribution in [1.82, 2.24) is 0 Å². The largest absolute Gasteiger partial charge is 0.392 e. The van der Waals surface area contributed by atoms with Gasteiger partial charge in [0.15, 0.2) is 0 Å². The van der Waals surface area contributed by atoms with Crippen LogP contribution in [0.4, 0.5) is 0 Å². The molecule has 0 fully saturated rings. The fourth-order valence-electron chi connectivity index (χ4n) is 1.88. The van der Waals surface area contributed by atoms with Crippen LogP contribution >= 0.6 is 23.4 Å². The number of aliphatic hydroxyl groups excluding tert-OH is 1. The Morgan fingerprint density at radius 1 is 1.11 bits per heavy atom. The molecule has 100 valence electrons. The molecule has 1 nitrogen and oxygen atoms in total. The molecule has 1 N–H and O–H groups in total. The third-order valence-electron chi connectivity index (χ3n) is 2.97. The van der Waals surface area contributed by atoms with Crippen molar-refractivity contribution in [2.75, 3.05) is 5.75 Å². The summed E-state index contributed by atoms with van der Waals surface area (Å²) in [5, 5.41) is 10.8. The molecule has 0 radical (unpaired) electrons. The summed E-state index contributed by atoms with van der Waals surface area (Å²) in [4.78, 5) is 1.13. The first-order valence-corrected chi connectivity index (χ1v) is 7.62. The maximum atomic E-state index is 10.1. The van der Waals surface area contributed by atoms with Crippen molar-refractivity contribution in [3.05, 3.63) is 64.7 Å². The number of halogens is 1. The number of rotatable bonds is 5. The predicted octanol–water partition coefficient (Wildman–Crippen LogP) is 4.34.